The number of fused-ring (bicyclic) bond motifs is 1. The van der Waals surface area contributed by atoms with E-state index >= 15 is 0 Å². The maximum absolute atomic E-state index is 14.8. The van der Waals surface area contributed by atoms with E-state index in [0.717, 1.165) is 17.2 Å². The second-order valence-electron chi connectivity index (χ2n) is 8.70. The van der Waals surface area contributed by atoms with Crippen LogP contribution in [0.2, 0.25) is 0 Å². The number of aromatic carboxylic acids is 1. The minimum atomic E-state index is -3.95. The van der Waals surface area contributed by atoms with Crippen LogP contribution in [0.25, 0.3) is 22.0 Å². The summed E-state index contributed by atoms with van der Waals surface area (Å²) in [4.78, 5) is 16.2. The van der Waals surface area contributed by atoms with Crippen LogP contribution in [0.1, 0.15) is 38.3 Å². The second-order valence-corrected chi connectivity index (χ2v) is 10.3. The summed E-state index contributed by atoms with van der Waals surface area (Å²) >= 11 is 0. The van der Waals surface area contributed by atoms with Crippen molar-refractivity contribution in [3.63, 3.8) is 0 Å². The number of benzene rings is 3. The third-order valence-electron chi connectivity index (χ3n) is 6.31. The molecular formula is C27H25FN2O4S. The smallest absolute Gasteiger partial charge is 0.335 e. The minimum absolute atomic E-state index is 0.0623. The van der Waals surface area contributed by atoms with E-state index in [1.807, 2.05) is 19.9 Å². The summed E-state index contributed by atoms with van der Waals surface area (Å²) in [5, 5.41) is 9.82. The molecule has 0 atom stereocenters. The molecule has 0 unspecified atom stereocenters. The van der Waals surface area contributed by atoms with Crippen LogP contribution in [-0.2, 0) is 10.0 Å². The predicted octanol–water partition coefficient (Wildman–Crippen LogP) is 6.08. The molecule has 4 rings (SSSR count). The third-order valence-corrected chi connectivity index (χ3v) is 7.95. The first-order chi connectivity index (χ1) is 16.4. The zero-order valence-corrected chi connectivity index (χ0v) is 20.8. The number of halogens is 1. The summed E-state index contributed by atoms with van der Waals surface area (Å²) < 4.78 is 44.5. The largest absolute Gasteiger partial charge is 0.478 e. The quantitative estimate of drug-likeness (QED) is 0.352. The van der Waals surface area contributed by atoms with Crippen LogP contribution < -0.4 is 4.72 Å². The standard InChI is InChI=1S/C27H25FN2O4S/c1-14-12-15(2)18(5)26(17(14)4)35(33,34)30-24-11-9-20(25-21(24)8-6-16(3)29-25)22-13-19(27(31)32)7-10-23(22)28/h6-13,30H,1-5H3,(H,31,32). The number of hydrogen-bond acceptors (Lipinski definition) is 4. The van der Waals surface area contributed by atoms with Crippen molar-refractivity contribution in [1.29, 1.82) is 0 Å². The molecule has 0 spiro atoms. The Hall–Kier alpha value is -3.78. The Kier molecular flexibility index (Phi) is 6.11. The number of rotatable bonds is 5. The Labute approximate surface area is 203 Å². The van der Waals surface area contributed by atoms with Gasteiger partial charge in [0.05, 0.1) is 21.7 Å². The zero-order chi connectivity index (χ0) is 25.7. The van der Waals surface area contributed by atoms with Gasteiger partial charge < -0.3 is 5.11 Å². The summed E-state index contributed by atoms with van der Waals surface area (Å²) in [6.45, 7) is 9.07. The Bertz CT molecular complexity index is 1600. The zero-order valence-electron chi connectivity index (χ0n) is 20.0. The normalized spacial score (nSPS) is 11.6. The highest BCUT2D eigenvalue weighted by Crippen LogP contribution is 2.36. The van der Waals surface area contributed by atoms with E-state index in [1.165, 1.54) is 12.1 Å². The fourth-order valence-electron chi connectivity index (χ4n) is 4.27. The minimum Gasteiger partial charge on any atom is -0.478 e. The lowest BCUT2D eigenvalue weighted by atomic mass is 9.98. The van der Waals surface area contributed by atoms with Gasteiger partial charge in [-0.25, -0.2) is 17.6 Å². The van der Waals surface area contributed by atoms with Crippen molar-refractivity contribution < 1.29 is 22.7 Å². The molecule has 8 heteroatoms. The van der Waals surface area contributed by atoms with Gasteiger partial charge in [-0.3, -0.25) is 9.71 Å². The molecule has 1 aromatic heterocycles. The van der Waals surface area contributed by atoms with Gasteiger partial charge in [-0.1, -0.05) is 6.07 Å². The van der Waals surface area contributed by atoms with Crippen molar-refractivity contribution in [3.8, 4) is 11.1 Å². The Morgan fingerprint density at radius 1 is 0.886 bits per heavy atom. The monoisotopic (exact) mass is 492 g/mol. The molecule has 180 valence electrons. The van der Waals surface area contributed by atoms with Crippen LogP contribution in [0.4, 0.5) is 10.1 Å². The molecule has 0 radical (unpaired) electrons. The highest BCUT2D eigenvalue weighted by atomic mass is 32.2. The lowest BCUT2D eigenvalue weighted by Crippen LogP contribution is -2.17. The Morgan fingerprint density at radius 3 is 2.17 bits per heavy atom. The fourth-order valence-corrected chi connectivity index (χ4v) is 5.96. The van der Waals surface area contributed by atoms with Crippen LogP contribution >= 0.6 is 0 Å². The first-order valence-electron chi connectivity index (χ1n) is 10.9. The van der Waals surface area contributed by atoms with Gasteiger partial charge >= 0.3 is 5.97 Å². The van der Waals surface area contributed by atoms with Gasteiger partial charge in [0, 0.05) is 22.2 Å². The van der Waals surface area contributed by atoms with Crippen molar-refractivity contribution in [2.45, 2.75) is 39.5 Å². The molecule has 0 fully saturated rings. The van der Waals surface area contributed by atoms with Crippen molar-refractivity contribution in [1.82, 2.24) is 4.98 Å². The number of aromatic nitrogens is 1. The van der Waals surface area contributed by atoms with Crippen LogP contribution in [0, 0.1) is 40.4 Å². The molecule has 0 aliphatic heterocycles. The van der Waals surface area contributed by atoms with Crippen molar-refractivity contribution in [2.75, 3.05) is 4.72 Å². The van der Waals surface area contributed by atoms with Gasteiger partial charge in [-0.15, -0.1) is 0 Å². The highest BCUT2D eigenvalue weighted by Gasteiger charge is 2.24. The van der Waals surface area contributed by atoms with Gasteiger partial charge in [-0.05, 0) is 99.3 Å². The highest BCUT2D eigenvalue weighted by molar-refractivity contribution is 7.92. The van der Waals surface area contributed by atoms with E-state index in [-0.39, 0.29) is 16.0 Å². The molecule has 0 bridgehead atoms. The molecule has 0 amide bonds. The number of nitrogens with one attached hydrogen (secondary N) is 1. The molecule has 1 heterocycles. The molecule has 3 aromatic carbocycles. The summed E-state index contributed by atoms with van der Waals surface area (Å²) in [5.41, 5.74) is 4.77. The first kappa shape index (κ1) is 24.3. The number of sulfonamides is 1. The third kappa shape index (κ3) is 4.37. The lowest BCUT2D eigenvalue weighted by molar-refractivity contribution is 0.0697. The van der Waals surface area contributed by atoms with Gasteiger partial charge in [-0.2, -0.15) is 0 Å². The van der Waals surface area contributed by atoms with Crippen LogP contribution in [0.3, 0.4) is 0 Å². The molecular weight excluding hydrogens is 467 g/mol. The van der Waals surface area contributed by atoms with E-state index in [2.05, 4.69) is 9.71 Å². The first-order valence-corrected chi connectivity index (χ1v) is 12.4. The van der Waals surface area contributed by atoms with E-state index in [1.54, 1.807) is 45.0 Å². The van der Waals surface area contributed by atoms with Gasteiger partial charge in [0.15, 0.2) is 0 Å². The fraction of sp³-hybridized carbons (Fsp3) is 0.185. The number of carbonyl (C=O) groups is 1. The summed E-state index contributed by atoms with van der Waals surface area (Å²) in [7, 11) is -3.95. The molecule has 0 aliphatic rings. The molecule has 0 saturated carbocycles. The number of nitrogens with zero attached hydrogens (tertiary/aromatic N) is 1. The SMILES string of the molecule is Cc1ccc2c(NS(=O)(=O)c3c(C)c(C)cc(C)c3C)ccc(-c3cc(C(=O)O)ccc3F)c2n1. The summed E-state index contributed by atoms with van der Waals surface area (Å²) in [5.74, 6) is -1.78. The molecule has 35 heavy (non-hydrogen) atoms. The van der Waals surface area contributed by atoms with E-state index in [9.17, 15) is 22.7 Å². The number of carboxylic acid groups (broad SMARTS) is 1. The Balaban J connectivity index is 1.92. The average Bonchev–Trinajstić information content (AvgIpc) is 2.78. The topological polar surface area (TPSA) is 96.4 Å². The second kappa shape index (κ2) is 8.78. The molecule has 0 saturated heterocycles. The number of aryl methyl sites for hydroxylation is 3. The van der Waals surface area contributed by atoms with Gasteiger partial charge in [0.1, 0.15) is 5.82 Å². The molecule has 0 aliphatic carbocycles. The molecule has 6 nitrogen and oxygen atoms in total. The molecule has 2 N–H and O–H groups in total. The van der Waals surface area contributed by atoms with Gasteiger partial charge in [0.2, 0.25) is 0 Å². The summed E-state index contributed by atoms with van der Waals surface area (Å²) in [6, 6.07) is 12.1. The number of pyridine rings is 1. The Morgan fingerprint density at radius 2 is 1.54 bits per heavy atom. The van der Waals surface area contributed by atoms with Crippen LogP contribution in [0.5, 0.6) is 0 Å². The predicted molar refractivity (Wildman–Crippen MR) is 135 cm³/mol. The van der Waals surface area contributed by atoms with Crippen molar-refractivity contribution in [3.05, 3.63) is 87.9 Å². The number of hydrogen-bond donors (Lipinski definition) is 2. The van der Waals surface area contributed by atoms with Crippen molar-refractivity contribution >= 4 is 32.6 Å². The van der Waals surface area contributed by atoms with Crippen LogP contribution in [-0.4, -0.2) is 24.5 Å². The number of carboxylic acids is 1. The number of anilines is 1. The molecule has 4 aromatic rings. The van der Waals surface area contributed by atoms with Gasteiger partial charge in [0.25, 0.3) is 10.0 Å². The summed E-state index contributed by atoms with van der Waals surface area (Å²) in [6.07, 6.45) is 0. The van der Waals surface area contributed by atoms with Crippen molar-refractivity contribution in [2.24, 2.45) is 0 Å². The lowest BCUT2D eigenvalue weighted by Gasteiger charge is -2.18. The van der Waals surface area contributed by atoms with E-state index in [4.69, 9.17) is 0 Å². The van der Waals surface area contributed by atoms with E-state index in [0.29, 0.717) is 39.0 Å². The van der Waals surface area contributed by atoms with Crippen LogP contribution in [0.15, 0.2) is 53.4 Å². The average molecular weight is 493 g/mol. The maximum atomic E-state index is 14.8. The van der Waals surface area contributed by atoms with E-state index < -0.39 is 21.8 Å². The maximum Gasteiger partial charge on any atom is 0.335 e.